The van der Waals surface area contributed by atoms with Crippen LogP contribution in [0.4, 0.5) is 5.69 Å². The van der Waals surface area contributed by atoms with Gasteiger partial charge in [0.1, 0.15) is 5.69 Å². The molecule has 0 spiro atoms. The van der Waals surface area contributed by atoms with E-state index in [4.69, 9.17) is 4.42 Å². The summed E-state index contributed by atoms with van der Waals surface area (Å²) in [5.74, 6) is 0.403. The molecule has 4 rings (SSSR count). The van der Waals surface area contributed by atoms with Crippen LogP contribution in [0.1, 0.15) is 26.8 Å². The van der Waals surface area contributed by atoms with Gasteiger partial charge in [-0.1, -0.05) is 12.1 Å². The SMILES string of the molecule is Cc1cc(C)n(-c2ccccc2NC(=O)c2nc(-c3ccco3)sc2C)n1. The van der Waals surface area contributed by atoms with Gasteiger partial charge in [-0.15, -0.1) is 11.3 Å². The molecule has 0 saturated carbocycles. The Labute approximate surface area is 160 Å². The maximum atomic E-state index is 12.9. The average molecular weight is 378 g/mol. The summed E-state index contributed by atoms with van der Waals surface area (Å²) in [5.41, 5.74) is 3.82. The second-order valence-corrected chi connectivity index (χ2v) is 7.41. The Hall–Kier alpha value is -3.19. The molecule has 0 atom stereocenters. The molecule has 0 aliphatic carbocycles. The molecule has 0 aliphatic rings. The Morgan fingerprint density at radius 3 is 2.67 bits per heavy atom. The number of hydrogen-bond donors (Lipinski definition) is 1. The van der Waals surface area contributed by atoms with Crippen LogP contribution in [0.15, 0.2) is 53.1 Å². The van der Waals surface area contributed by atoms with Gasteiger partial charge in [-0.2, -0.15) is 5.10 Å². The molecule has 0 aliphatic heterocycles. The van der Waals surface area contributed by atoms with Gasteiger partial charge in [0.25, 0.3) is 5.91 Å². The minimum Gasteiger partial charge on any atom is -0.462 e. The van der Waals surface area contributed by atoms with E-state index in [0.29, 0.717) is 22.1 Å². The summed E-state index contributed by atoms with van der Waals surface area (Å²) in [6, 6.07) is 13.2. The Bertz CT molecular complexity index is 1110. The van der Waals surface area contributed by atoms with Gasteiger partial charge in [-0.05, 0) is 51.1 Å². The van der Waals surface area contributed by atoms with Crippen LogP contribution >= 0.6 is 11.3 Å². The Kier molecular flexibility index (Phi) is 4.37. The number of amides is 1. The molecular weight excluding hydrogens is 360 g/mol. The number of thiazole rings is 1. The van der Waals surface area contributed by atoms with Crippen LogP contribution in [0.25, 0.3) is 16.5 Å². The van der Waals surface area contributed by atoms with Crippen LogP contribution < -0.4 is 5.32 Å². The van der Waals surface area contributed by atoms with E-state index in [9.17, 15) is 4.79 Å². The van der Waals surface area contributed by atoms with E-state index in [0.717, 1.165) is 22.0 Å². The molecule has 0 bridgehead atoms. The number of nitrogens with one attached hydrogen (secondary N) is 1. The highest BCUT2D eigenvalue weighted by molar-refractivity contribution is 7.15. The molecule has 6 nitrogen and oxygen atoms in total. The third-order valence-electron chi connectivity index (χ3n) is 4.13. The van der Waals surface area contributed by atoms with Crippen LogP contribution in [0.2, 0.25) is 0 Å². The quantitative estimate of drug-likeness (QED) is 0.555. The van der Waals surface area contributed by atoms with Crippen molar-refractivity contribution in [2.24, 2.45) is 0 Å². The lowest BCUT2D eigenvalue weighted by atomic mass is 10.2. The van der Waals surface area contributed by atoms with Gasteiger partial charge < -0.3 is 9.73 Å². The number of rotatable bonds is 4. The van der Waals surface area contributed by atoms with E-state index < -0.39 is 0 Å². The molecule has 1 amide bonds. The average Bonchev–Trinajstić information content (AvgIpc) is 3.35. The third-order valence-corrected chi connectivity index (χ3v) is 5.12. The molecule has 0 saturated heterocycles. The van der Waals surface area contributed by atoms with E-state index in [1.165, 1.54) is 11.3 Å². The van der Waals surface area contributed by atoms with Crippen molar-refractivity contribution in [3.05, 3.63) is 70.7 Å². The van der Waals surface area contributed by atoms with E-state index in [-0.39, 0.29) is 5.91 Å². The van der Waals surface area contributed by atoms with Crippen molar-refractivity contribution >= 4 is 22.9 Å². The second-order valence-electron chi connectivity index (χ2n) is 6.21. The van der Waals surface area contributed by atoms with Crippen molar-refractivity contribution in [3.8, 4) is 16.5 Å². The Morgan fingerprint density at radius 1 is 1.15 bits per heavy atom. The first-order valence-corrected chi connectivity index (χ1v) is 9.30. The first-order chi connectivity index (χ1) is 13.0. The highest BCUT2D eigenvalue weighted by Gasteiger charge is 2.19. The highest BCUT2D eigenvalue weighted by atomic mass is 32.1. The van der Waals surface area contributed by atoms with E-state index >= 15 is 0 Å². The predicted octanol–water partition coefficient (Wildman–Crippen LogP) is 4.77. The molecule has 0 unspecified atom stereocenters. The van der Waals surface area contributed by atoms with Crippen molar-refractivity contribution in [1.82, 2.24) is 14.8 Å². The van der Waals surface area contributed by atoms with Crippen LogP contribution in [0.3, 0.4) is 0 Å². The molecule has 1 N–H and O–H groups in total. The zero-order chi connectivity index (χ0) is 19.0. The largest absolute Gasteiger partial charge is 0.462 e. The number of carbonyl (C=O) groups excluding carboxylic acids is 1. The number of anilines is 1. The molecule has 0 fully saturated rings. The number of hydrogen-bond acceptors (Lipinski definition) is 5. The fraction of sp³-hybridized carbons (Fsp3) is 0.150. The molecule has 1 aromatic carbocycles. The predicted molar refractivity (Wildman–Crippen MR) is 106 cm³/mol. The fourth-order valence-corrected chi connectivity index (χ4v) is 3.81. The molecule has 3 aromatic heterocycles. The van der Waals surface area contributed by atoms with Crippen molar-refractivity contribution in [3.63, 3.8) is 0 Å². The van der Waals surface area contributed by atoms with Crippen LogP contribution in [0, 0.1) is 20.8 Å². The van der Waals surface area contributed by atoms with E-state index in [2.05, 4.69) is 15.4 Å². The van der Waals surface area contributed by atoms with Crippen molar-refractivity contribution in [2.45, 2.75) is 20.8 Å². The standard InChI is InChI=1S/C20H18N4O2S/c1-12-11-13(2)24(23-12)16-8-5-4-7-15(16)21-19(25)18-14(3)27-20(22-18)17-9-6-10-26-17/h4-11H,1-3H3,(H,21,25). The molecule has 4 aromatic rings. The number of furan rings is 1. The summed E-state index contributed by atoms with van der Waals surface area (Å²) in [6.07, 6.45) is 1.59. The maximum absolute atomic E-state index is 12.9. The first-order valence-electron chi connectivity index (χ1n) is 8.48. The summed E-state index contributed by atoms with van der Waals surface area (Å²) in [7, 11) is 0. The lowest BCUT2D eigenvalue weighted by Crippen LogP contribution is -2.15. The van der Waals surface area contributed by atoms with Crippen molar-refractivity contribution in [2.75, 3.05) is 5.32 Å². The summed E-state index contributed by atoms with van der Waals surface area (Å²) in [6.45, 7) is 5.81. The van der Waals surface area contributed by atoms with Crippen LogP contribution in [0.5, 0.6) is 0 Å². The van der Waals surface area contributed by atoms with Crippen molar-refractivity contribution < 1.29 is 9.21 Å². The normalized spacial score (nSPS) is 10.9. The van der Waals surface area contributed by atoms with Gasteiger partial charge in [0.2, 0.25) is 0 Å². The lowest BCUT2D eigenvalue weighted by Gasteiger charge is -2.12. The van der Waals surface area contributed by atoms with E-state index in [1.54, 1.807) is 12.3 Å². The first kappa shape index (κ1) is 17.2. The number of carbonyl (C=O) groups is 1. The summed E-state index contributed by atoms with van der Waals surface area (Å²) in [4.78, 5) is 18.2. The number of aryl methyl sites for hydroxylation is 3. The summed E-state index contributed by atoms with van der Waals surface area (Å²) in [5, 5.41) is 8.18. The summed E-state index contributed by atoms with van der Waals surface area (Å²) < 4.78 is 7.21. The maximum Gasteiger partial charge on any atom is 0.275 e. The topological polar surface area (TPSA) is 73.0 Å². The number of para-hydroxylation sites is 2. The smallest absolute Gasteiger partial charge is 0.275 e. The van der Waals surface area contributed by atoms with Crippen molar-refractivity contribution in [1.29, 1.82) is 0 Å². The monoisotopic (exact) mass is 378 g/mol. The van der Waals surface area contributed by atoms with Gasteiger partial charge >= 0.3 is 0 Å². The molecular formula is C20H18N4O2S. The summed E-state index contributed by atoms with van der Waals surface area (Å²) >= 11 is 1.43. The molecule has 0 radical (unpaired) electrons. The number of nitrogens with zero attached hydrogens (tertiary/aromatic N) is 3. The van der Waals surface area contributed by atoms with E-state index in [1.807, 2.05) is 61.9 Å². The van der Waals surface area contributed by atoms with Gasteiger partial charge in [-0.25, -0.2) is 9.67 Å². The third kappa shape index (κ3) is 3.29. The minimum atomic E-state index is -0.254. The Balaban J connectivity index is 1.66. The molecule has 7 heteroatoms. The zero-order valence-corrected chi connectivity index (χ0v) is 16.0. The van der Waals surface area contributed by atoms with Gasteiger partial charge in [0.15, 0.2) is 10.8 Å². The second kappa shape index (κ2) is 6.85. The zero-order valence-electron chi connectivity index (χ0n) is 15.2. The molecule has 136 valence electrons. The van der Waals surface area contributed by atoms with Crippen LogP contribution in [-0.4, -0.2) is 20.7 Å². The molecule has 3 heterocycles. The van der Waals surface area contributed by atoms with Gasteiger partial charge in [-0.3, -0.25) is 4.79 Å². The highest BCUT2D eigenvalue weighted by Crippen LogP contribution is 2.29. The number of benzene rings is 1. The van der Waals surface area contributed by atoms with Crippen LogP contribution in [-0.2, 0) is 0 Å². The van der Waals surface area contributed by atoms with Gasteiger partial charge in [0, 0.05) is 10.6 Å². The lowest BCUT2D eigenvalue weighted by molar-refractivity contribution is 0.102. The minimum absolute atomic E-state index is 0.254. The number of aromatic nitrogens is 3. The van der Waals surface area contributed by atoms with Gasteiger partial charge in [0.05, 0.1) is 23.3 Å². The fourth-order valence-electron chi connectivity index (χ4n) is 2.93. The molecule has 27 heavy (non-hydrogen) atoms. The Morgan fingerprint density at radius 2 is 1.96 bits per heavy atom.